The van der Waals surface area contributed by atoms with Crippen LogP contribution < -0.4 is 11.1 Å². The zero-order valence-electron chi connectivity index (χ0n) is 12.0. The quantitative estimate of drug-likeness (QED) is 0.899. The lowest BCUT2D eigenvalue weighted by Gasteiger charge is -2.10. The monoisotopic (exact) mass is 289 g/mol. The molecule has 0 spiro atoms. The number of ether oxygens (including phenoxy) is 1. The first-order valence-corrected chi connectivity index (χ1v) is 7.10. The van der Waals surface area contributed by atoms with Gasteiger partial charge in [0.1, 0.15) is 12.1 Å². The molecular formula is C15H19N3O3. The summed E-state index contributed by atoms with van der Waals surface area (Å²) in [7, 11) is 1.59. The predicted molar refractivity (Wildman–Crippen MR) is 78.7 cm³/mol. The first kappa shape index (κ1) is 14.0. The average molecular weight is 289 g/mol. The molecule has 2 unspecified atom stereocenters. The second-order valence-corrected chi connectivity index (χ2v) is 5.48. The topological polar surface area (TPSA) is 90.4 Å². The van der Waals surface area contributed by atoms with Crippen molar-refractivity contribution in [2.75, 3.05) is 12.4 Å². The Morgan fingerprint density at radius 3 is 3.10 bits per heavy atom. The van der Waals surface area contributed by atoms with Crippen LogP contribution in [0.3, 0.4) is 0 Å². The van der Waals surface area contributed by atoms with E-state index in [4.69, 9.17) is 14.9 Å². The fourth-order valence-electron chi connectivity index (χ4n) is 2.74. The Bertz CT molecular complexity index is 653. The van der Waals surface area contributed by atoms with E-state index in [1.807, 2.05) is 12.1 Å². The number of fused-ring (bicyclic) bond motifs is 1. The Morgan fingerprint density at radius 1 is 1.52 bits per heavy atom. The van der Waals surface area contributed by atoms with Crippen molar-refractivity contribution < 1.29 is 13.9 Å². The number of nitrogens with two attached hydrogens (primary N) is 1. The lowest BCUT2D eigenvalue weighted by atomic mass is 10.1. The van der Waals surface area contributed by atoms with E-state index in [0.29, 0.717) is 23.6 Å². The maximum absolute atomic E-state index is 12.2. The van der Waals surface area contributed by atoms with E-state index in [2.05, 4.69) is 10.3 Å². The number of carbonyl (C=O) groups excluding carboxylic acids is 1. The zero-order chi connectivity index (χ0) is 14.8. The van der Waals surface area contributed by atoms with Crippen LogP contribution >= 0.6 is 0 Å². The molecule has 0 aliphatic heterocycles. The number of amides is 1. The first-order valence-electron chi connectivity index (χ1n) is 7.10. The molecule has 2 aromatic rings. The average Bonchev–Trinajstić information content (AvgIpc) is 3.04. The van der Waals surface area contributed by atoms with Gasteiger partial charge in [0, 0.05) is 24.8 Å². The molecule has 1 amide bonds. The van der Waals surface area contributed by atoms with Gasteiger partial charge in [-0.05, 0) is 37.5 Å². The van der Waals surface area contributed by atoms with Crippen LogP contribution in [0.1, 0.15) is 25.2 Å². The van der Waals surface area contributed by atoms with Gasteiger partial charge in [0.15, 0.2) is 5.58 Å². The number of nitrogens with one attached hydrogen (secondary N) is 1. The molecule has 6 nitrogen and oxygen atoms in total. The second-order valence-electron chi connectivity index (χ2n) is 5.48. The molecule has 6 heteroatoms. The Balaban J connectivity index is 1.73. The van der Waals surface area contributed by atoms with Crippen LogP contribution in [0.25, 0.3) is 11.1 Å². The molecule has 1 aromatic carbocycles. The number of hydrogen-bond acceptors (Lipinski definition) is 5. The molecule has 0 bridgehead atoms. The van der Waals surface area contributed by atoms with Gasteiger partial charge in [-0.2, -0.15) is 0 Å². The van der Waals surface area contributed by atoms with Gasteiger partial charge in [0.05, 0.1) is 0 Å². The summed E-state index contributed by atoms with van der Waals surface area (Å²) in [5.74, 6) is 0.567. The molecule has 3 N–H and O–H groups in total. The number of hydrogen-bond donors (Lipinski definition) is 2. The number of methoxy groups -OCH3 is 1. The largest absolute Gasteiger partial charge is 0.438 e. The Kier molecular flexibility index (Phi) is 3.90. The molecular weight excluding hydrogens is 270 g/mol. The summed E-state index contributed by atoms with van der Waals surface area (Å²) in [5, 5.41) is 2.93. The SMILES string of the molecule is COCc1nc2cc(NC(=O)C3CCC(N)C3)ccc2o1. The van der Waals surface area contributed by atoms with E-state index < -0.39 is 0 Å². The smallest absolute Gasteiger partial charge is 0.227 e. The maximum atomic E-state index is 12.2. The van der Waals surface area contributed by atoms with Gasteiger partial charge in [-0.25, -0.2) is 4.98 Å². The van der Waals surface area contributed by atoms with Crippen molar-refractivity contribution in [3.63, 3.8) is 0 Å². The van der Waals surface area contributed by atoms with Gasteiger partial charge in [-0.3, -0.25) is 4.79 Å². The highest BCUT2D eigenvalue weighted by molar-refractivity contribution is 5.94. The van der Waals surface area contributed by atoms with Crippen molar-refractivity contribution in [2.24, 2.45) is 11.7 Å². The Morgan fingerprint density at radius 2 is 2.38 bits per heavy atom. The number of rotatable bonds is 4. The van der Waals surface area contributed by atoms with Crippen LogP contribution in [0.4, 0.5) is 5.69 Å². The third-order valence-electron chi connectivity index (χ3n) is 3.81. The summed E-state index contributed by atoms with van der Waals surface area (Å²) in [5.41, 5.74) is 7.97. The van der Waals surface area contributed by atoms with E-state index in [1.165, 1.54) is 0 Å². The molecule has 1 aromatic heterocycles. The van der Waals surface area contributed by atoms with Crippen molar-refractivity contribution in [3.8, 4) is 0 Å². The summed E-state index contributed by atoms with van der Waals surface area (Å²) < 4.78 is 10.5. The number of anilines is 1. The normalized spacial score (nSPS) is 21.8. The van der Waals surface area contributed by atoms with Crippen LogP contribution in [-0.2, 0) is 16.1 Å². The van der Waals surface area contributed by atoms with E-state index >= 15 is 0 Å². The van der Waals surface area contributed by atoms with Crippen LogP contribution in [0.5, 0.6) is 0 Å². The molecule has 112 valence electrons. The Labute approximate surface area is 122 Å². The molecule has 1 saturated carbocycles. The van der Waals surface area contributed by atoms with Crippen molar-refractivity contribution in [1.82, 2.24) is 4.98 Å². The second kappa shape index (κ2) is 5.83. The first-order chi connectivity index (χ1) is 10.2. The highest BCUT2D eigenvalue weighted by Gasteiger charge is 2.27. The minimum absolute atomic E-state index is 0.0112. The lowest BCUT2D eigenvalue weighted by Crippen LogP contribution is -2.23. The van der Waals surface area contributed by atoms with E-state index in [1.54, 1.807) is 13.2 Å². The predicted octanol–water partition coefficient (Wildman–Crippen LogP) is 2.04. The van der Waals surface area contributed by atoms with E-state index in [-0.39, 0.29) is 17.9 Å². The molecule has 0 radical (unpaired) electrons. The van der Waals surface area contributed by atoms with Crippen LogP contribution in [0.15, 0.2) is 22.6 Å². The lowest BCUT2D eigenvalue weighted by molar-refractivity contribution is -0.119. The molecule has 2 atom stereocenters. The van der Waals surface area contributed by atoms with Crippen molar-refractivity contribution in [1.29, 1.82) is 0 Å². The molecule has 1 aliphatic carbocycles. The standard InChI is InChI=1S/C15H19N3O3/c1-20-8-14-18-12-7-11(4-5-13(12)21-14)17-15(19)9-2-3-10(16)6-9/h4-5,7,9-10H,2-3,6,8,16H2,1H3,(H,17,19). The summed E-state index contributed by atoms with van der Waals surface area (Å²) in [4.78, 5) is 16.5. The fourth-order valence-corrected chi connectivity index (χ4v) is 2.74. The summed E-state index contributed by atoms with van der Waals surface area (Å²) in [6.45, 7) is 0.330. The minimum Gasteiger partial charge on any atom is -0.438 e. The zero-order valence-corrected chi connectivity index (χ0v) is 12.0. The van der Waals surface area contributed by atoms with Crippen LogP contribution in [-0.4, -0.2) is 24.0 Å². The van der Waals surface area contributed by atoms with E-state index in [9.17, 15) is 4.79 Å². The van der Waals surface area contributed by atoms with Crippen molar-refractivity contribution in [3.05, 3.63) is 24.1 Å². The van der Waals surface area contributed by atoms with Gasteiger partial charge in [0.2, 0.25) is 11.8 Å². The summed E-state index contributed by atoms with van der Waals surface area (Å²) >= 11 is 0. The molecule has 3 rings (SSSR count). The van der Waals surface area contributed by atoms with Gasteiger partial charge in [0.25, 0.3) is 0 Å². The van der Waals surface area contributed by atoms with Gasteiger partial charge < -0.3 is 20.2 Å². The van der Waals surface area contributed by atoms with Crippen LogP contribution in [0, 0.1) is 5.92 Å². The number of aromatic nitrogens is 1. The number of carbonyl (C=O) groups is 1. The third kappa shape index (κ3) is 3.06. The molecule has 1 fully saturated rings. The van der Waals surface area contributed by atoms with Crippen molar-refractivity contribution in [2.45, 2.75) is 31.9 Å². The molecule has 1 heterocycles. The van der Waals surface area contributed by atoms with Crippen molar-refractivity contribution >= 4 is 22.7 Å². The highest BCUT2D eigenvalue weighted by Crippen LogP contribution is 2.26. The number of benzene rings is 1. The molecule has 0 saturated heterocycles. The number of oxazole rings is 1. The van der Waals surface area contributed by atoms with Crippen LogP contribution in [0.2, 0.25) is 0 Å². The van der Waals surface area contributed by atoms with Gasteiger partial charge >= 0.3 is 0 Å². The third-order valence-corrected chi connectivity index (χ3v) is 3.81. The minimum atomic E-state index is 0.0112. The highest BCUT2D eigenvalue weighted by atomic mass is 16.5. The number of nitrogens with zero attached hydrogens (tertiary/aromatic N) is 1. The maximum Gasteiger partial charge on any atom is 0.227 e. The molecule has 1 aliphatic rings. The Hall–Kier alpha value is -1.92. The van der Waals surface area contributed by atoms with Gasteiger partial charge in [-0.1, -0.05) is 0 Å². The fraction of sp³-hybridized carbons (Fsp3) is 0.467. The van der Waals surface area contributed by atoms with Gasteiger partial charge in [-0.15, -0.1) is 0 Å². The molecule has 21 heavy (non-hydrogen) atoms. The summed E-state index contributed by atoms with van der Waals surface area (Å²) in [6.07, 6.45) is 2.54. The summed E-state index contributed by atoms with van der Waals surface area (Å²) in [6, 6.07) is 5.58. The van der Waals surface area contributed by atoms with E-state index in [0.717, 1.165) is 24.9 Å².